The lowest BCUT2D eigenvalue weighted by molar-refractivity contribution is -0.120. The molecule has 172 valence electrons. The Morgan fingerprint density at radius 1 is 0.882 bits per heavy atom. The van der Waals surface area contributed by atoms with E-state index < -0.39 is 11.8 Å². The molecule has 0 unspecified atom stereocenters. The number of carbonyl (C=O) groups is 3. The molecule has 0 aliphatic carbocycles. The minimum absolute atomic E-state index is 0.0318. The molecule has 0 fully saturated rings. The largest absolute Gasteiger partial charge is 0.350 e. The molecule has 0 saturated carbocycles. The van der Waals surface area contributed by atoms with Gasteiger partial charge in [0.15, 0.2) is 0 Å². The third-order valence-corrected chi connectivity index (χ3v) is 5.90. The second-order valence-electron chi connectivity index (χ2n) is 8.41. The molecule has 7 heteroatoms. The molecular weight excluding hydrogens is 450 g/mol. The molecule has 2 N–H and O–H groups in total. The van der Waals surface area contributed by atoms with Gasteiger partial charge in [0.05, 0.1) is 5.69 Å². The lowest BCUT2D eigenvalue weighted by Gasteiger charge is -2.16. The van der Waals surface area contributed by atoms with Gasteiger partial charge in [0.2, 0.25) is 0 Å². The molecule has 0 atom stereocenters. The first-order valence-corrected chi connectivity index (χ1v) is 11.3. The van der Waals surface area contributed by atoms with Crippen LogP contribution in [-0.4, -0.2) is 17.7 Å². The second-order valence-corrected chi connectivity index (χ2v) is 8.78. The molecule has 1 aliphatic rings. The zero-order valence-electron chi connectivity index (χ0n) is 19.1. The van der Waals surface area contributed by atoms with Gasteiger partial charge < -0.3 is 10.6 Å². The van der Waals surface area contributed by atoms with Crippen LogP contribution in [0.4, 0.5) is 17.1 Å². The maximum Gasteiger partial charge on any atom is 0.283 e. The van der Waals surface area contributed by atoms with Gasteiger partial charge in [0.1, 0.15) is 10.7 Å². The molecule has 1 aliphatic heterocycles. The summed E-state index contributed by atoms with van der Waals surface area (Å²) in [5.41, 5.74) is 4.13. The van der Waals surface area contributed by atoms with Gasteiger partial charge in [-0.05, 0) is 60.9 Å². The van der Waals surface area contributed by atoms with E-state index in [-0.39, 0.29) is 16.6 Å². The maximum atomic E-state index is 13.1. The highest BCUT2D eigenvalue weighted by atomic mass is 35.5. The number of hydrogen-bond donors (Lipinski definition) is 2. The van der Waals surface area contributed by atoms with Crippen molar-refractivity contribution >= 4 is 46.4 Å². The monoisotopic (exact) mass is 473 g/mol. The van der Waals surface area contributed by atoms with E-state index in [9.17, 15) is 14.4 Å². The first-order chi connectivity index (χ1) is 16.2. The standard InChI is InChI=1S/C27H24ClN3O3/c1-16(2)18-9-13-22(14-10-18)31-26(33)23(28)24(27(31)34)29-21-6-4-5-19(15-21)25(32)30-20-11-7-17(3)8-12-20/h4-16,29H,1-3H3,(H,30,32). The van der Waals surface area contributed by atoms with Crippen molar-refractivity contribution in [2.45, 2.75) is 26.7 Å². The quantitative estimate of drug-likeness (QED) is 0.443. The molecule has 0 aromatic heterocycles. The van der Waals surface area contributed by atoms with Crippen molar-refractivity contribution in [3.8, 4) is 0 Å². The topological polar surface area (TPSA) is 78.5 Å². The number of anilines is 3. The van der Waals surface area contributed by atoms with Crippen LogP contribution in [0.2, 0.25) is 0 Å². The molecule has 34 heavy (non-hydrogen) atoms. The van der Waals surface area contributed by atoms with Crippen LogP contribution in [0.5, 0.6) is 0 Å². The lowest BCUT2D eigenvalue weighted by Crippen LogP contribution is -2.32. The Bertz CT molecular complexity index is 1300. The van der Waals surface area contributed by atoms with Crippen molar-refractivity contribution in [3.05, 3.63) is 100 Å². The van der Waals surface area contributed by atoms with Crippen molar-refractivity contribution in [2.24, 2.45) is 0 Å². The Kier molecular flexibility index (Phi) is 6.52. The number of benzene rings is 3. The Balaban J connectivity index is 1.52. The Labute approximate surface area is 203 Å². The third kappa shape index (κ3) is 4.72. The number of halogens is 1. The number of carbonyl (C=O) groups excluding carboxylic acids is 3. The van der Waals surface area contributed by atoms with Crippen molar-refractivity contribution in [2.75, 3.05) is 15.5 Å². The van der Waals surface area contributed by atoms with Crippen LogP contribution in [0.15, 0.2) is 83.5 Å². The minimum atomic E-state index is -0.597. The highest BCUT2D eigenvalue weighted by Crippen LogP contribution is 2.31. The van der Waals surface area contributed by atoms with E-state index >= 15 is 0 Å². The number of aryl methyl sites for hydroxylation is 1. The van der Waals surface area contributed by atoms with E-state index in [1.54, 1.807) is 36.4 Å². The van der Waals surface area contributed by atoms with Crippen molar-refractivity contribution in [1.29, 1.82) is 0 Å². The van der Waals surface area contributed by atoms with Crippen molar-refractivity contribution in [3.63, 3.8) is 0 Å². The summed E-state index contributed by atoms with van der Waals surface area (Å²) in [6.45, 7) is 6.10. The molecule has 0 bridgehead atoms. The number of hydrogen-bond acceptors (Lipinski definition) is 4. The highest BCUT2D eigenvalue weighted by molar-refractivity contribution is 6.53. The summed E-state index contributed by atoms with van der Waals surface area (Å²) >= 11 is 6.25. The van der Waals surface area contributed by atoms with Gasteiger partial charge >= 0.3 is 0 Å². The van der Waals surface area contributed by atoms with Crippen LogP contribution < -0.4 is 15.5 Å². The Hall–Kier alpha value is -3.90. The molecule has 3 aromatic carbocycles. The van der Waals surface area contributed by atoms with Crippen LogP contribution in [0, 0.1) is 6.92 Å². The number of nitrogens with zero attached hydrogens (tertiary/aromatic N) is 1. The molecule has 3 aromatic rings. The zero-order valence-corrected chi connectivity index (χ0v) is 19.8. The fraction of sp³-hybridized carbons (Fsp3) is 0.148. The van der Waals surface area contributed by atoms with E-state index in [4.69, 9.17) is 11.6 Å². The summed E-state index contributed by atoms with van der Waals surface area (Å²) in [5, 5.41) is 5.56. The van der Waals surface area contributed by atoms with Crippen LogP contribution in [-0.2, 0) is 9.59 Å². The first kappa shape index (κ1) is 23.3. The second kappa shape index (κ2) is 9.53. The van der Waals surface area contributed by atoms with Crippen LogP contribution in [0.1, 0.15) is 41.3 Å². The van der Waals surface area contributed by atoms with E-state index in [2.05, 4.69) is 24.5 Å². The van der Waals surface area contributed by atoms with E-state index in [0.29, 0.717) is 28.5 Å². The predicted molar refractivity (Wildman–Crippen MR) is 135 cm³/mol. The number of rotatable bonds is 6. The molecule has 0 radical (unpaired) electrons. The van der Waals surface area contributed by atoms with Crippen LogP contribution in [0.25, 0.3) is 0 Å². The Morgan fingerprint density at radius 2 is 1.56 bits per heavy atom. The maximum absolute atomic E-state index is 13.1. The van der Waals surface area contributed by atoms with Crippen molar-refractivity contribution < 1.29 is 14.4 Å². The number of nitrogens with one attached hydrogen (secondary N) is 2. The molecule has 3 amide bonds. The van der Waals surface area contributed by atoms with E-state index in [1.165, 1.54) is 0 Å². The molecule has 6 nitrogen and oxygen atoms in total. The van der Waals surface area contributed by atoms with Gasteiger partial charge in [-0.1, -0.05) is 61.3 Å². The normalized spacial score (nSPS) is 13.6. The molecule has 1 heterocycles. The fourth-order valence-electron chi connectivity index (χ4n) is 3.58. The minimum Gasteiger partial charge on any atom is -0.350 e. The summed E-state index contributed by atoms with van der Waals surface area (Å²) in [7, 11) is 0. The van der Waals surface area contributed by atoms with E-state index in [0.717, 1.165) is 16.0 Å². The number of amides is 3. The summed E-state index contributed by atoms with van der Waals surface area (Å²) in [6, 6.07) is 21.3. The first-order valence-electron chi connectivity index (χ1n) is 10.9. The van der Waals surface area contributed by atoms with Gasteiger partial charge in [0, 0.05) is 16.9 Å². The SMILES string of the molecule is Cc1ccc(NC(=O)c2cccc(NC3=C(Cl)C(=O)N(c4ccc(C(C)C)cc4)C3=O)c2)cc1. The zero-order chi connectivity index (χ0) is 24.4. The van der Waals surface area contributed by atoms with Gasteiger partial charge in [-0.2, -0.15) is 0 Å². The fourth-order valence-corrected chi connectivity index (χ4v) is 3.79. The molecular formula is C27H24ClN3O3. The van der Waals surface area contributed by atoms with Crippen LogP contribution in [0.3, 0.4) is 0 Å². The lowest BCUT2D eigenvalue weighted by atomic mass is 10.0. The molecule has 4 rings (SSSR count). The highest BCUT2D eigenvalue weighted by Gasteiger charge is 2.39. The molecule has 0 saturated heterocycles. The molecule has 0 spiro atoms. The van der Waals surface area contributed by atoms with E-state index in [1.807, 2.05) is 43.3 Å². The third-order valence-electron chi connectivity index (χ3n) is 5.55. The summed E-state index contributed by atoms with van der Waals surface area (Å²) < 4.78 is 0. The summed E-state index contributed by atoms with van der Waals surface area (Å²) in [5.74, 6) is -1.12. The van der Waals surface area contributed by atoms with Crippen molar-refractivity contribution in [1.82, 2.24) is 0 Å². The summed E-state index contributed by atoms with van der Waals surface area (Å²) in [4.78, 5) is 39.5. The van der Waals surface area contributed by atoms with Gasteiger partial charge in [-0.15, -0.1) is 0 Å². The van der Waals surface area contributed by atoms with Gasteiger partial charge in [-0.3, -0.25) is 14.4 Å². The Morgan fingerprint density at radius 3 is 2.21 bits per heavy atom. The summed E-state index contributed by atoms with van der Waals surface area (Å²) in [6.07, 6.45) is 0. The smallest absolute Gasteiger partial charge is 0.283 e. The van der Waals surface area contributed by atoms with Gasteiger partial charge in [0.25, 0.3) is 17.7 Å². The average Bonchev–Trinajstić information content (AvgIpc) is 3.04. The average molecular weight is 474 g/mol. The number of imide groups is 1. The van der Waals surface area contributed by atoms with Gasteiger partial charge in [-0.25, -0.2) is 4.90 Å². The van der Waals surface area contributed by atoms with Crippen LogP contribution >= 0.6 is 11.6 Å². The predicted octanol–water partition coefficient (Wildman–Crippen LogP) is 5.81.